The maximum Gasteiger partial charge on any atom is 0.157 e. The number of carbonyl (C=O) groups excluding carboxylic acids is 1. The minimum Gasteiger partial charge on any atom is -0.297 e. The first-order valence-corrected chi connectivity index (χ1v) is 7.41. The molecular weight excluding hydrogens is 253 g/mol. The van der Waals surface area contributed by atoms with Crippen LogP contribution in [0.1, 0.15) is 43.2 Å². The van der Waals surface area contributed by atoms with Crippen LogP contribution in [0.2, 0.25) is 0 Å². The summed E-state index contributed by atoms with van der Waals surface area (Å²) >= 11 is 0. The maximum absolute atomic E-state index is 13.4. The second-order valence-electron chi connectivity index (χ2n) is 6.16. The predicted molar refractivity (Wildman–Crippen MR) is 79.4 cm³/mol. The molecule has 1 aliphatic rings. The molecule has 2 nitrogen and oxygen atoms in total. The number of Topliss-reactive ketones (excluding diaryl/α,β-unsaturated/α-hetero) is 1. The molecule has 3 heteroatoms. The van der Waals surface area contributed by atoms with Gasteiger partial charge in [0.25, 0.3) is 0 Å². The lowest BCUT2D eigenvalue weighted by atomic mass is 9.75. The second kappa shape index (κ2) is 6.04. The molecule has 0 heterocycles. The van der Waals surface area contributed by atoms with Crippen LogP contribution in [0.5, 0.6) is 0 Å². The summed E-state index contributed by atoms with van der Waals surface area (Å²) < 4.78 is 13.4. The first kappa shape index (κ1) is 15.2. The highest BCUT2D eigenvalue weighted by Gasteiger charge is 2.40. The number of hydrogen-bond donors (Lipinski definition) is 0. The zero-order valence-corrected chi connectivity index (χ0v) is 12.7. The van der Waals surface area contributed by atoms with Crippen LogP contribution in [-0.2, 0) is 11.2 Å². The average Bonchev–Trinajstić information content (AvgIpc) is 2.43. The molecule has 20 heavy (non-hydrogen) atoms. The normalized spacial score (nSPS) is 18.2. The van der Waals surface area contributed by atoms with Crippen molar-refractivity contribution < 1.29 is 9.18 Å². The Labute approximate surface area is 121 Å². The van der Waals surface area contributed by atoms with Crippen LogP contribution in [0.25, 0.3) is 0 Å². The van der Waals surface area contributed by atoms with Crippen molar-refractivity contribution in [3.63, 3.8) is 0 Å². The molecule has 0 radical (unpaired) electrons. The van der Waals surface area contributed by atoms with E-state index in [1.54, 1.807) is 6.07 Å². The number of aryl methyl sites for hydroxylation is 1. The van der Waals surface area contributed by atoms with E-state index in [4.69, 9.17) is 0 Å². The Kier molecular flexibility index (Phi) is 4.59. The molecule has 0 unspecified atom stereocenters. The summed E-state index contributed by atoms with van der Waals surface area (Å²) in [6.45, 7) is 1.94. The molecular formula is C17H24FNO. The van der Waals surface area contributed by atoms with Gasteiger partial charge >= 0.3 is 0 Å². The molecule has 0 N–H and O–H groups in total. The SMILES string of the molecule is Cc1ccc(F)cc1CC(=O)C1(N(C)C)CCCCC1. The van der Waals surface area contributed by atoms with Crippen molar-refractivity contribution in [1.82, 2.24) is 4.90 Å². The molecule has 1 saturated carbocycles. The zero-order valence-electron chi connectivity index (χ0n) is 12.7. The van der Waals surface area contributed by atoms with Crippen LogP contribution in [0.4, 0.5) is 4.39 Å². The topological polar surface area (TPSA) is 20.3 Å². The summed E-state index contributed by atoms with van der Waals surface area (Å²) in [5.74, 6) is -0.0307. The van der Waals surface area contributed by atoms with Crippen molar-refractivity contribution in [3.8, 4) is 0 Å². The molecule has 0 amide bonds. The summed E-state index contributed by atoms with van der Waals surface area (Å²) in [5.41, 5.74) is 1.46. The quantitative estimate of drug-likeness (QED) is 0.839. The fourth-order valence-electron chi connectivity index (χ4n) is 3.28. The van der Waals surface area contributed by atoms with Gasteiger partial charge in [-0.2, -0.15) is 0 Å². The lowest BCUT2D eigenvalue weighted by Crippen LogP contribution is -2.53. The number of likely N-dealkylation sites (N-methyl/N-ethyl adjacent to an activating group) is 1. The standard InChI is InChI=1S/C17H24FNO/c1-13-7-8-15(18)11-14(13)12-16(20)17(19(2)3)9-5-4-6-10-17/h7-8,11H,4-6,9-10,12H2,1-3H3. The van der Waals surface area contributed by atoms with E-state index in [0.717, 1.165) is 36.8 Å². The highest BCUT2D eigenvalue weighted by Crippen LogP contribution is 2.34. The third kappa shape index (κ3) is 2.93. The first-order chi connectivity index (χ1) is 9.45. The minimum absolute atomic E-state index is 0.232. The number of ketones is 1. The molecule has 0 aliphatic heterocycles. The van der Waals surface area contributed by atoms with Crippen LogP contribution >= 0.6 is 0 Å². The van der Waals surface area contributed by atoms with E-state index >= 15 is 0 Å². The molecule has 0 spiro atoms. The summed E-state index contributed by atoms with van der Waals surface area (Å²) in [7, 11) is 3.98. The smallest absolute Gasteiger partial charge is 0.157 e. The number of carbonyl (C=O) groups is 1. The van der Waals surface area contributed by atoms with Gasteiger partial charge in [-0.3, -0.25) is 9.69 Å². The van der Waals surface area contributed by atoms with Gasteiger partial charge in [-0.15, -0.1) is 0 Å². The number of hydrogen-bond acceptors (Lipinski definition) is 2. The van der Waals surface area contributed by atoms with Crippen molar-refractivity contribution in [1.29, 1.82) is 0 Å². The number of nitrogens with zero attached hydrogens (tertiary/aromatic N) is 1. The van der Waals surface area contributed by atoms with Crippen molar-refractivity contribution in [2.45, 2.75) is 51.0 Å². The third-order valence-corrected chi connectivity index (χ3v) is 4.72. The zero-order chi connectivity index (χ0) is 14.8. The minimum atomic E-state index is -0.350. The van der Waals surface area contributed by atoms with Crippen molar-refractivity contribution in [2.24, 2.45) is 0 Å². The maximum atomic E-state index is 13.4. The van der Waals surface area contributed by atoms with E-state index in [1.807, 2.05) is 21.0 Å². The van der Waals surface area contributed by atoms with Gasteiger partial charge in [-0.1, -0.05) is 25.3 Å². The van der Waals surface area contributed by atoms with Crippen LogP contribution < -0.4 is 0 Å². The molecule has 1 aliphatic carbocycles. The van der Waals surface area contributed by atoms with Crippen molar-refractivity contribution in [2.75, 3.05) is 14.1 Å². The summed E-state index contributed by atoms with van der Waals surface area (Å²) in [6.07, 6.45) is 5.60. The van der Waals surface area contributed by atoms with Gasteiger partial charge < -0.3 is 0 Å². The van der Waals surface area contributed by atoms with E-state index in [1.165, 1.54) is 18.6 Å². The fraction of sp³-hybridized carbons (Fsp3) is 0.588. The lowest BCUT2D eigenvalue weighted by Gasteiger charge is -2.41. The molecule has 0 saturated heterocycles. The van der Waals surface area contributed by atoms with Crippen LogP contribution in [0.15, 0.2) is 18.2 Å². The Balaban J connectivity index is 2.22. The fourth-order valence-corrected chi connectivity index (χ4v) is 3.28. The first-order valence-electron chi connectivity index (χ1n) is 7.41. The van der Waals surface area contributed by atoms with E-state index in [2.05, 4.69) is 4.90 Å². The molecule has 110 valence electrons. The van der Waals surface area contributed by atoms with Gasteiger partial charge in [0.1, 0.15) is 5.82 Å². The highest BCUT2D eigenvalue weighted by atomic mass is 19.1. The molecule has 1 fully saturated rings. The average molecular weight is 277 g/mol. The Morgan fingerprint density at radius 1 is 1.25 bits per heavy atom. The van der Waals surface area contributed by atoms with Crippen molar-refractivity contribution >= 4 is 5.78 Å². The van der Waals surface area contributed by atoms with Gasteiger partial charge in [0.05, 0.1) is 5.54 Å². The summed E-state index contributed by atoms with van der Waals surface area (Å²) in [4.78, 5) is 14.9. The Hall–Kier alpha value is -1.22. The van der Waals surface area contributed by atoms with E-state index in [9.17, 15) is 9.18 Å². The molecule has 1 aromatic rings. The van der Waals surface area contributed by atoms with E-state index in [-0.39, 0.29) is 17.1 Å². The lowest BCUT2D eigenvalue weighted by molar-refractivity contribution is -0.131. The number of benzene rings is 1. The van der Waals surface area contributed by atoms with Crippen LogP contribution in [-0.4, -0.2) is 30.3 Å². The number of rotatable bonds is 4. The van der Waals surface area contributed by atoms with Crippen LogP contribution in [0, 0.1) is 12.7 Å². The predicted octanol–water partition coefficient (Wildman–Crippen LogP) is 3.51. The van der Waals surface area contributed by atoms with E-state index in [0.29, 0.717) is 6.42 Å². The third-order valence-electron chi connectivity index (χ3n) is 4.72. The summed E-state index contributed by atoms with van der Waals surface area (Å²) in [6, 6.07) is 4.70. The van der Waals surface area contributed by atoms with Gasteiger partial charge in [0.15, 0.2) is 5.78 Å². The Bertz CT molecular complexity index is 490. The molecule has 1 aromatic carbocycles. The molecule has 0 bridgehead atoms. The Morgan fingerprint density at radius 3 is 2.50 bits per heavy atom. The molecule has 0 atom stereocenters. The monoisotopic (exact) mass is 277 g/mol. The van der Waals surface area contributed by atoms with E-state index < -0.39 is 0 Å². The van der Waals surface area contributed by atoms with Gasteiger partial charge in [-0.05, 0) is 57.1 Å². The summed E-state index contributed by atoms with van der Waals surface area (Å²) in [5, 5.41) is 0. The second-order valence-corrected chi connectivity index (χ2v) is 6.16. The van der Waals surface area contributed by atoms with Gasteiger partial charge in [0, 0.05) is 6.42 Å². The highest BCUT2D eigenvalue weighted by molar-refractivity contribution is 5.90. The van der Waals surface area contributed by atoms with Gasteiger partial charge in [0.2, 0.25) is 0 Å². The van der Waals surface area contributed by atoms with Gasteiger partial charge in [-0.25, -0.2) is 4.39 Å². The number of halogens is 1. The Morgan fingerprint density at radius 2 is 1.90 bits per heavy atom. The largest absolute Gasteiger partial charge is 0.297 e. The molecule has 2 rings (SSSR count). The molecule has 0 aromatic heterocycles. The van der Waals surface area contributed by atoms with Crippen molar-refractivity contribution in [3.05, 3.63) is 35.1 Å². The van der Waals surface area contributed by atoms with Crippen LogP contribution in [0.3, 0.4) is 0 Å².